The topological polar surface area (TPSA) is 115 Å². The Balaban J connectivity index is -0.0000000865. The maximum atomic E-state index is 9.60. The molecule has 0 aliphatic carbocycles. The van der Waals surface area contributed by atoms with Crippen molar-refractivity contribution in [3.8, 4) is 0 Å². The third-order valence-electron chi connectivity index (χ3n) is 1.08. The zero-order valence-electron chi connectivity index (χ0n) is 11.6. The Hall–Kier alpha value is -1.37. The van der Waals surface area contributed by atoms with Gasteiger partial charge in [0.15, 0.2) is 0 Å². The predicted octanol–water partition coefficient (Wildman–Crippen LogP) is -2.39. The molecule has 0 heterocycles. The zero-order chi connectivity index (χ0) is 15.5. The van der Waals surface area contributed by atoms with Crippen LogP contribution in [0.1, 0.15) is 20.8 Å². The Morgan fingerprint density at radius 2 is 0.895 bits per heavy atom. The van der Waals surface area contributed by atoms with Crippen LogP contribution in [0.25, 0.3) is 0 Å². The summed E-state index contributed by atoms with van der Waals surface area (Å²) < 4.78 is 0. The van der Waals surface area contributed by atoms with Gasteiger partial charge < -0.3 is 20.1 Å². The number of aliphatic carboxylic acids is 3. The summed E-state index contributed by atoms with van der Waals surface area (Å²) in [5.41, 5.74) is 0.417. The molecule has 0 fully saturated rings. The van der Waals surface area contributed by atoms with Crippen molar-refractivity contribution in [3.05, 3.63) is 36.5 Å². The average molecular weight is 280 g/mol. The largest absolute Gasteiger partial charge is 1.00 e. The predicted molar refractivity (Wildman–Crippen MR) is 64.7 cm³/mol. The van der Waals surface area contributed by atoms with Gasteiger partial charge in [0, 0.05) is 11.1 Å². The van der Waals surface area contributed by atoms with Crippen LogP contribution in [0.5, 0.6) is 0 Å². The molecular formula is C12H17NaO6. The van der Waals surface area contributed by atoms with Crippen LogP contribution < -0.4 is 34.7 Å². The Morgan fingerprint density at radius 3 is 0.895 bits per heavy atom. The molecule has 0 aliphatic rings. The molecular weight excluding hydrogens is 263 g/mol. The minimum atomic E-state index is -1.19. The van der Waals surface area contributed by atoms with Crippen LogP contribution in [0.4, 0.5) is 0 Å². The molecule has 0 bridgehead atoms. The van der Waals surface area contributed by atoms with Crippen LogP contribution in [-0.4, -0.2) is 28.1 Å². The number of carbonyl (C=O) groups is 3. The van der Waals surface area contributed by atoms with E-state index in [0.29, 0.717) is 0 Å². The van der Waals surface area contributed by atoms with Gasteiger partial charge >= 0.3 is 41.5 Å². The molecule has 6 nitrogen and oxygen atoms in total. The summed E-state index contributed by atoms with van der Waals surface area (Å²) in [5.74, 6) is -3.06. The summed E-state index contributed by atoms with van der Waals surface area (Å²) in [6.45, 7) is 13.7. The number of hydrogen-bond donors (Lipinski definition) is 2. The van der Waals surface area contributed by atoms with E-state index in [9.17, 15) is 19.5 Å². The van der Waals surface area contributed by atoms with Crippen molar-refractivity contribution in [3.63, 3.8) is 0 Å². The molecule has 0 radical (unpaired) electrons. The van der Waals surface area contributed by atoms with Gasteiger partial charge in [-0.05, 0) is 26.3 Å². The number of carboxylic acid groups (broad SMARTS) is 3. The van der Waals surface area contributed by atoms with E-state index >= 15 is 0 Å². The molecule has 19 heavy (non-hydrogen) atoms. The van der Waals surface area contributed by atoms with E-state index in [1.165, 1.54) is 20.8 Å². The van der Waals surface area contributed by atoms with E-state index in [0.717, 1.165) is 0 Å². The van der Waals surface area contributed by atoms with E-state index in [2.05, 4.69) is 19.7 Å². The molecule has 0 atom stereocenters. The fourth-order valence-electron chi connectivity index (χ4n) is 0. The molecule has 0 aromatic carbocycles. The van der Waals surface area contributed by atoms with E-state index in [4.69, 9.17) is 10.2 Å². The van der Waals surface area contributed by atoms with Gasteiger partial charge in [-0.1, -0.05) is 19.7 Å². The Morgan fingerprint density at radius 1 is 0.789 bits per heavy atom. The Labute approximate surface area is 134 Å². The molecule has 0 rings (SSSR count). The summed E-state index contributed by atoms with van der Waals surface area (Å²) in [6, 6.07) is 0. The van der Waals surface area contributed by atoms with Gasteiger partial charge in [-0.3, -0.25) is 0 Å². The SMILES string of the molecule is C=C(C)C(=O)O.C=C(C)C(=O)O.C=C(C)C(=O)[O-].[Na+]. The van der Waals surface area contributed by atoms with E-state index < -0.39 is 17.9 Å². The zero-order valence-corrected chi connectivity index (χ0v) is 13.6. The van der Waals surface area contributed by atoms with Crippen molar-refractivity contribution >= 4 is 17.9 Å². The van der Waals surface area contributed by atoms with Gasteiger partial charge in [0.2, 0.25) is 0 Å². The summed E-state index contributed by atoms with van der Waals surface area (Å²) in [7, 11) is 0. The summed E-state index contributed by atoms with van der Waals surface area (Å²) in [4.78, 5) is 28.7. The van der Waals surface area contributed by atoms with Gasteiger partial charge in [0.1, 0.15) is 0 Å². The van der Waals surface area contributed by atoms with Crippen LogP contribution in [-0.2, 0) is 14.4 Å². The molecule has 0 saturated carbocycles. The van der Waals surface area contributed by atoms with Crippen molar-refractivity contribution < 1.29 is 59.3 Å². The Bertz CT molecular complexity index is 277. The summed E-state index contributed by atoms with van der Waals surface area (Å²) in [6.07, 6.45) is 0. The van der Waals surface area contributed by atoms with Crippen LogP contribution in [0.3, 0.4) is 0 Å². The van der Waals surface area contributed by atoms with E-state index in [-0.39, 0.29) is 46.3 Å². The first kappa shape index (κ1) is 26.2. The second kappa shape index (κ2) is 14.7. The monoisotopic (exact) mass is 280 g/mol. The van der Waals surface area contributed by atoms with Crippen molar-refractivity contribution in [1.29, 1.82) is 0 Å². The fourth-order valence-corrected chi connectivity index (χ4v) is 0. The smallest absolute Gasteiger partial charge is 0.545 e. The van der Waals surface area contributed by atoms with Gasteiger partial charge in [-0.15, -0.1) is 0 Å². The van der Waals surface area contributed by atoms with Gasteiger partial charge in [0.05, 0.1) is 5.97 Å². The van der Waals surface area contributed by atoms with Crippen molar-refractivity contribution in [2.45, 2.75) is 20.8 Å². The molecule has 0 aromatic heterocycles. The number of rotatable bonds is 3. The molecule has 2 N–H and O–H groups in total. The molecule has 0 aliphatic heterocycles. The first-order valence-electron chi connectivity index (χ1n) is 4.57. The van der Waals surface area contributed by atoms with Gasteiger partial charge in [-0.25, -0.2) is 9.59 Å². The maximum absolute atomic E-state index is 9.60. The van der Waals surface area contributed by atoms with E-state index in [1.54, 1.807) is 0 Å². The minimum absolute atomic E-state index is 0. The van der Waals surface area contributed by atoms with Crippen LogP contribution in [0.15, 0.2) is 36.5 Å². The molecule has 0 aromatic rings. The third kappa shape index (κ3) is 31.5. The molecule has 0 spiro atoms. The third-order valence-corrected chi connectivity index (χ3v) is 1.08. The molecule has 0 saturated heterocycles. The standard InChI is InChI=1S/3C4H6O2.Na/c3*1-3(2)4(5)6;/h3*1H2,2H3,(H,5,6);/q;;;+1/p-1. The number of carbonyl (C=O) groups excluding carboxylic acids is 1. The second-order valence-electron chi connectivity index (χ2n) is 3.24. The van der Waals surface area contributed by atoms with Crippen molar-refractivity contribution in [2.75, 3.05) is 0 Å². The molecule has 0 amide bonds. The average Bonchev–Trinajstić information content (AvgIpc) is 2.18. The minimum Gasteiger partial charge on any atom is -0.545 e. The van der Waals surface area contributed by atoms with Crippen LogP contribution in [0, 0.1) is 0 Å². The van der Waals surface area contributed by atoms with Crippen LogP contribution >= 0.6 is 0 Å². The number of hydrogen-bond acceptors (Lipinski definition) is 4. The van der Waals surface area contributed by atoms with Crippen molar-refractivity contribution in [2.24, 2.45) is 0 Å². The number of carboxylic acids is 3. The second-order valence-corrected chi connectivity index (χ2v) is 3.24. The molecule has 102 valence electrons. The van der Waals surface area contributed by atoms with E-state index in [1.807, 2.05) is 0 Å². The quantitative estimate of drug-likeness (QED) is 0.440. The maximum Gasteiger partial charge on any atom is 1.00 e. The first-order chi connectivity index (χ1) is 7.93. The summed E-state index contributed by atoms with van der Waals surface area (Å²) >= 11 is 0. The van der Waals surface area contributed by atoms with Crippen LogP contribution in [0.2, 0.25) is 0 Å². The molecule has 0 unspecified atom stereocenters. The fraction of sp³-hybridized carbons (Fsp3) is 0.250. The first-order valence-corrected chi connectivity index (χ1v) is 4.57. The normalized spacial score (nSPS) is 7.11. The summed E-state index contributed by atoms with van der Waals surface area (Å²) in [5, 5.41) is 25.3. The van der Waals surface area contributed by atoms with Gasteiger partial charge in [0.25, 0.3) is 0 Å². The molecule has 7 heteroatoms. The van der Waals surface area contributed by atoms with Gasteiger partial charge in [-0.2, -0.15) is 0 Å². The Kier molecular flexibility index (Phi) is 20.3. The van der Waals surface area contributed by atoms with Crippen molar-refractivity contribution in [1.82, 2.24) is 0 Å².